The van der Waals surface area contributed by atoms with Crippen LogP contribution in [-0.4, -0.2) is 58.8 Å². The van der Waals surface area contributed by atoms with Crippen LogP contribution in [0.15, 0.2) is 59.0 Å². The molecule has 1 aromatic carbocycles. The number of alkyl halides is 4. The van der Waals surface area contributed by atoms with Gasteiger partial charge in [0.1, 0.15) is 18.2 Å². The first kappa shape index (κ1) is 28.5. The highest BCUT2D eigenvalue weighted by Gasteiger charge is 2.44. The number of nitrogens with one attached hydrogen (secondary N) is 1. The van der Waals surface area contributed by atoms with E-state index in [1.165, 1.54) is 17.3 Å². The summed E-state index contributed by atoms with van der Waals surface area (Å²) >= 11 is 7.40. The van der Waals surface area contributed by atoms with Gasteiger partial charge in [0.25, 0.3) is 0 Å². The van der Waals surface area contributed by atoms with Crippen LogP contribution in [0.4, 0.5) is 17.6 Å². The number of H-pyrrole nitrogens is 1. The minimum absolute atomic E-state index is 0.0881. The number of pyridine rings is 1. The molecule has 7 nitrogen and oxygen atoms in total. The van der Waals surface area contributed by atoms with Crippen LogP contribution in [0.25, 0.3) is 11.3 Å². The van der Waals surface area contributed by atoms with Gasteiger partial charge in [-0.05, 0) is 41.8 Å². The molecule has 2 aromatic heterocycles. The van der Waals surface area contributed by atoms with Gasteiger partial charge in [0.05, 0.1) is 5.02 Å². The summed E-state index contributed by atoms with van der Waals surface area (Å²) in [7, 11) is 3.60. The molecule has 0 unspecified atom stereocenters. The fourth-order valence-electron chi connectivity index (χ4n) is 3.57. The molecule has 2 N–H and O–H groups in total. The molecule has 1 aliphatic rings. The van der Waals surface area contributed by atoms with Crippen molar-refractivity contribution in [2.75, 3.05) is 20.8 Å². The molecule has 0 bridgehead atoms. The van der Waals surface area contributed by atoms with Crippen molar-refractivity contribution in [2.45, 2.75) is 35.1 Å². The molecular formula is C24H24ClF4N4O3S+. The van der Waals surface area contributed by atoms with Crippen LogP contribution >= 0.6 is 23.4 Å². The van der Waals surface area contributed by atoms with Gasteiger partial charge < -0.3 is 10.0 Å². The molecule has 2 atom stereocenters. The van der Waals surface area contributed by atoms with Gasteiger partial charge in [-0.3, -0.25) is 4.79 Å². The van der Waals surface area contributed by atoms with Gasteiger partial charge in [-0.2, -0.15) is 13.2 Å². The number of amides is 1. The Hall–Kier alpha value is -3.12. The van der Waals surface area contributed by atoms with Crippen LogP contribution in [0.5, 0.6) is 0 Å². The molecule has 198 valence electrons. The van der Waals surface area contributed by atoms with Crippen LogP contribution in [0.2, 0.25) is 5.02 Å². The molecule has 0 spiro atoms. The van der Waals surface area contributed by atoms with E-state index in [4.69, 9.17) is 21.5 Å². The van der Waals surface area contributed by atoms with Crippen LogP contribution < -0.4 is 4.57 Å². The van der Waals surface area contributed by atoms with E-state index in [-0.39, 0.29) is 18.4 Å². The summed E-state index contributed by atoms with van der Waals surface area (Å²) in [4.78, 5) is 30.3. The number of hydrogen-bond donors (Lipinski definition) is 2. The third-order valence-corrected chi connectivity index (χ3v) is 6.79. The average molecular weight is 560 g/mol. The maximum absolute atomic E-state index is 13.1. The summed E-state index contributed by atoms with van der Waals surface area (Å²) in [6.07, 6.45) is -0.794. The molecular weight excluding hydrogens is 536 g/mol. The third kappa shape index (κ3) is 7.45. The fraction of sp³-hybridized carbons (Fsp3) is 0.333. The van der Waals surface area contributed by atoms with E-state index in [0.717, 1.165) is 27.7 Å². The number of carboxylic acids is 1. The Bertz CT molecular complexity index is 1230. The lowest BCUT2D eigenvalue weighted by Crippen LogP contribution is -2.34. The van der Waals surface area contributed by atoms with E-state index in [1.54, 1.807) is 37.6 Å². The summed E-state index contributed by atoms with van der Waals surface area (Å²) in [6.45, 7) is -0.188. The second-order valence-corrected chi connectivity index (χ2v) is 9.80. The van der Waals surface area contributed by atoms with E-state index in [9.17, 15) is 22.4 Å². The van der Waals surface area contributed by atoms with Crippen molar-refractivity contribution in [3.05, 3.63) is 59.5 Å². The number of aryl methyl sites for hydroxylation is 1. The number of halogens is 5. The molecule has 0 aliphatic heterocycles. The second kappa shape index (κ2) is 12.0. The first-order valence-corrected chi connectivity index (χ1v) is 12.2. The predicted molar refractivity (Wildman–Crippen MR) is 129 cm³/mol. The molecule has 37 heavy (non-hydrogen) atoms. The highest BCUT2D eigenvalue weighted by molar-refractivity contribution is 7.99. The normalized spacial score (nSPS) is 16.5. The van der Waals surface area contributed by atoms with Crippen LogP contribution in [0.1, 0.15) is 17.9 Å². The maximum Gasteiger partial charge on any atom is 0.490 e. The van der Waals surface area contributed by atoms with E-state index in [0.29, 0.717) is 10.9 Å². The summed E-state index contributed by atoms with van der Waals surface area (Å²) in [5.41, 5.74) is 3.09. The Morgan fingerprint density at radius 1 is 1.22 bits per heavy atom. The monoisotopic (exact) mass is 559 g/mol. The van der Waals surface area contributed by atoms with Gasteiger partial charge in [0.15, 0.2) is 5.69 Å². The Balaban J connectivity index is 0.000000479. The molecule has 0 radical (unpaired) electrons. The zero-order valence-corrected chi connectivity index (χ0v) is 21.4. The highest BCUT2D eigenvalue weighted by Crippen LogP contribution is 2.48. The van der Waals surface area contributed by atoms with Crippen LogP contribution in [0, 0.1) is 5.92 Å². The topological polar surface area (TPSA) is 90.2 Å². The van der Waals surface area contributed by atoms with Gasteiger partial charge in [0.2, 0.25) is 17.3 Å². The van der Waals surface area contributed by atoms with Crippen molar-refractivity contribution in [3.63, 3.8) is 0 Å². The lowest BCUT2D eigenvalue weighted by molar-refractivity contribution is -0.729. The Kier molecular flexibility index (Phi) is 9.19. The molecule has 3 aromatic rings. The van der Waals surface area contributed by atoms with E-state index in [1.807, 2.05) is 10.6 Å². The zero-order valence-electron chi connectivity index (χ0n) is 19.8. The summed E-state index contributed by atoms with van der Waals surface area (Å²) in [5, 5.41) is 9.38. The standard InChI is InChI=1S/C22H22ClFN4OS.C2HF3O2/c1-27(2)21(29)18-11-17(18)14-3-5-15(6-4-14)20-22(28(10-9-24)13-26-20)30-19-8-7-16(23)12-25-19;3-2(4,5)1(6)7/h3-8,12-13,17-18H,9-11H2,1-2H3;(H,6,7)/p+1/t17-,18+;/m1./s1. The summed E-state index contributed by atoms with van der Waals surface area (Å²) < 4.78 is 46.7. The minimum atomic E-state index is -5.08. The minimum Gasteiger partial charge on any atom is -0.475 e. The average Bonchev–Trinajstić information content (AvgIpc) is 3.55. The number of aromatic amines is 1. The van der Waals surface area contributed by atoms with Crippen LogP contribution in [0.3, 0.4) is 0 Å². The van der Waals surface area contributed by atoms with Crippen molar-refractivity contribution in [2.24, 2.45) is 5.92 Å². The largest absolute Gasteiger partial charge is 0.490 e. The number of carbonyl (C=O) groups is 2. The molecule has 1 fully saturated rings. The Labute approximate surface area is 219 Å². The molecule has 4 rings (SSSR count). The molecule has 1 amide bonds. The summed E-state index contributed by atoms with van der Waals surface area (Å²) in [5.74, 6) is -2.19. The first-order valence-electron chi connectivity index (χ1n) is 11.0. The number of aromatic nitrogens is 3. The lowest BCUT2D eigenvalue weighted by Gasteiger charge is -2.09. The van der Waals surface area contributed by atoms with E-state index in [2.05, 4.69) is 34.2 Å². The number of carbonyl (C=O) groups excluding carboxylic acids is 1. The third-order valence-electron chi connectivity index (χ3n) is 5.48. The van der Waals surface area contributed by atoms with Crippen molar-refractivity contribution < 1.29 is 36.8 Å². The molecule has 13 heteroatoms. The predicted octanol–water partition coefficient (Wildman–Crippen LogP) is 4.96. The van der Waals surface area contributed by atoms with E-state index >= 15 is 0 Å². The first-order chi connectivity index (χ1) is 17.4. The van der Waals surface area contributed by atoms with Crippen molar-refractivity contribution >= 4 is 35.2 Å². The van der Waals surface area contributed by atoms with Crippen molar-refractivity contribution in [1.29, 1.82) is 0 Å². The second-order valence-electron chi connectivity index (χ2n) is 8.36. The molecule has 1 saturated carbocycles. The number of carboxylic acid groups (broad SMARTS) is 1. The van der Waals surface area contributed by atoms with Crippen LogP contribution in [-0.2, 0) is 16.1 Å². The van der Waals surface area contributed by atoms with Crippen molar-refractivity contribution in [3.8, 4) is 11.3 Å². The number of imidazole rings is 1. The van der Waals surface area contributed by atoms with Gasteiger partial charge in [-0.15, -0.1) is 0 Å². The zero-order chi connectivity index (χ0) is 27.3. The Morgan fingerprint density at radius 3 is 2.38 bits per heavy atom. The van der Waals surface area contributed by atoms with Gasteiger partial charge >= 0.3 is 12.1 Å². The van der Waals surface area contributed by atoms with Gasteiger partial charge in [-0.25, -0.2) is 23.7 Å². The quantitative estimate of drug-likeness (QED) is 0.315. The molecule has 0 saturated heterocycles. The highest BCUT2D eigenvalue weighted by atomic mass is 35.5. The van der Waals surface area contributed by atoms with Gasteiger partial charge in [0, 0.05) is 31.8 Å². The molecule has 2 heterocycles. The van der Waals surface area contributed by atoms with E-state index < -0.39 is 18.8 Å². The number of nitrogens with zero attached hydrogens (tertiary/aromatic N) is 3. The van der Waals surface area contributed by atoms with Gasteiger partial charge in [-0.1, -0.05) is 35.9 Å². The number of hydrogen-bond acceptors (Lipinski definition) is 4. The van der Waals surface area contributed by atoms with Crippen molar-refractivity contribution in [1.82, 2.24) is 14.9 Å². The number of aliphatic carboxylic acids is 1. The lowest BCUT2D eigenvalue weighted by atomic mass is 10.0. The smallest absolute Gasteiger partial charge is 0.475 e. The number of rotatable bonds is 7. The molecule has 1 aliphatic carbocycles. The maximum atomic E-state index is 13.1. The number of benzene rings is 1. The fourth-order valence-corrected chi connectivity index (χ4v) is 4.66. The SMILES string of the molecule is CN(C)C(=O)[C@H]1C[C@@H]1c1ccc(-c2[nH]c[n+](CCF)c2Sc2ccc(Cl)cn2)cc1.O=C(O)C(F)(F)F. The summed E-state index contributed by atoms with van der Waals surface area (Å²) in [6, 6.07) is 11.9. The Morgan fingerprint density at radius 2 is 1.86 bits per heavy atom.